The van der Waals surface area contributed by atoms with Crippen LogP contribution >= 0.6 is 0 Å². The standard InChI is InChI=1S/C27H27F7N2O4/c1-14(16-8-18(26(29,30)31)12-19(9-16)27(32,33)34)40-22-13-36-21(24(22)15-4-6-20(28)7-5-15)10-17(11-23(36)37)25(38)35(2)39-3/h4-9,12,14,17,21-22,24H,10-11,13H2,1-3H3/t14-,17?,21+,22+,24?/m1/s1. The van der Waals surface area contributed by atoms with Gasteiger partial charge in [0.1, 0.15) is 5.82 Å². The number of fused-ring (bicyclic) bond motifs is 1. The first-order valence-corrected chi connectivity index (χ1v) is 12.4. The minimum atomic E-state index is -5.02. The van der Waals surface area contributed by atoms with Crippen LogP contribution < -0.4 is 0 Å². The molecule has 0 spiro atoms. The second kappa shape index (κ2) is 11.0. The van der Waals surface area contributed by atoms with Gasteiger partial charge in [0.2, 0.25) is 11.8 Å². The summed E-state index contributed by atoms with van der Waals surface area (Å²) in [6.07, 6.45) is -12.1. The zero-order chi connectivity index (χ0) is 29.6. The predicted octanol–water partition coefficient (Wildman–Crippen LogP) is 5.73. The average Bonchev–Trinajstić information content (AvgIpc) is 3.25. The lowest BCUT2D eigenvalue weighted by molar-refractivity contribution is -0.176. The van der Waals surface area contributed by atoms with Crippen LogP contribution in [0.1, 0.15) is 54.0 Å². The lowest BCUT2D eigenvalue weighted by Crippen LogP contribution is -2.48. The number of benzene rings is 2. The summed E-state index contributed by atoms with van der Waals surface area (Å²) < 4.78 is 100. The van der Waals surface area contributed by atoms with E-state index >= 15 is 0 Å². The number of hydroxylamine groups is 2. The van der Waals surface area contributed by atoms with Crippen LogP contribution in [-0.2, 0) is 31.5 Å². The summed E-state index contributed by atoms with van der Waals surface area (Å²) in [6.45, 7) is 1.32. The summed E-state index contributed by atoms with van der Waals surface area (Å²) >= 11 is 0. The summed E-state index contributed by atoms with van der Waals surface area (Å²) in [4.78, 5) is 32.3. The van der Waals surface area contributed by atoms with Gasteiger partial charge in [0.05, 0.1) is 36.4 Å². The molecule has 2 aromatic carbocycles. The molecule has 2 aliphatic heterocycles. The second-order valence-electron chi connectivity index (χ2n) is 10.0. The highest BCUT2D eigenvalue weighted by Gasteiger charge is 2.51. The topological polar surface area (TPSA) is 59.1 Å². The van der Waals surface area contributed by atoms with Crippen molar-refractivity contribution >= 4 is 11.8 Å². The first-order valence-electron chi connectivity index (χ1n) is 12.4. The molecule has 0 aliphatic carbocycles. The smallest absolute Gasteiger partial charge is 0.368 e. The molecule has 5 atom stereocenters. The molecule has 6 nitrogen and oxygen atoms in total. The second-order valence-corrected chi connectivity index (χ2v) is 10.0. The van der Waals surface area contributed by atoms with E-state index in [1.807, 2.05) is 0 Å². The van der Waals surface area contributed by atoms with E-state index in [0.29, 0.717) is 17.7 Å². The minimum Gasteiger partial charge on any atom is -0.368 e. The third-order valence-electron chi connectivity index (χ3n) is 7.51. The van der Waals surface area contributed by atoms with Crippen molar-refractivity contribution in [3.05, 3.63) is 70.5 Å². The fourth-order valence-electron chi connectivity index (χ4n) is 5.49. The van der Waals surface area contributed by atoms with Gasteiger partial charge in [-0.05, 0) is 54.8 Å². The molecule has 40 heavy (non-hydrogen) atoms. The van der Waals surface area contributed by atoms with Gasteiger partial charge in [-0.15, -0.1) is 0 Å². The van der Waals surface area contributed by atoms with Crippen molar-refractivity contribution in [1.29, 1.82) is 0 Å². The number of hydrogen-bond acceptors (Lipinski definition) is 4. The highest BCUT2D eigenvalue weighted by Crippen LogP contribution is 2.45. The molecule has 2 aliphatic rings. The average molecular weight is 577 g/mol. The molecular formula is C27H27F7N2O4. The van der Waals surface area contributed by atoms with E-state index in [4.69, 9.17) is 9.57 Å². The molecule has 2 fully saturated rings. The number of rotatable bonds is 6. The molecule has 2 aromatic rings. The van der Waals surface area contributed by atoms with Gasteiger partial charge in [-0.25, -0.2) is 9.45 Å². The quantitative estimate of drug-likeness (QED) is 0.326. The number of alkyl halides is 6. The van der Waals surface area contributed by atoms with Crippen LogP contribution in [0.15, 0.2) is 42.5 Å². The monoisotopic (exact) mass is 576 g/mol. The molecule has 2 saturated heterocycles. The van der Waals surface area contributed by atoms with E-state index in [2.05, 4.69) is 0 Å². The van der Waals surface area contributed by atoms with Crippen molar-refractivity contribution in [3.8, 4) is 0 Å². The molecule has 2 unspecified atom stereocenters. The van der Waals surface area contributed by atoms with Gasteiger partial charge in [0.25, 0.3) is 0 Å². The Morgan fingerprint density at radius 3 is 2.12 bits per heavy atom. The molecule has 218 valence electrons. The minimum absolute atomic E-state index is 0.0119. The zero-order valence-corrected chi connectivity index (χ0v) is 21.7. The lowest BCUT2D eigenvalue weighted by Gasteiger charge is -2.37. The van der Waals surface area contributed by atoms with Crippen LogP contribution in [0.25, 0.3) is 0 Å². The van der Waals surface area contributed by atoms with E-state index in [-0.39, 0.29) is 36.9 Å². The van der Waals surface area contributed by atoms with Gasteiger partial charge in [-0.2, -0.15) is 26.3 Å². The molecule has 0 bridgehead atoms. The number of ether oxygens (including phenoxy) is 1. The van der Waals surface area contributed by atoms with Gasteiger partial charge in [0.15, 0.2) is 0 Å². The van der Waals surface area contributed by atoms with Crippen LogP contribution in [0.3, 0.4) is 0 Å². The Morgan fingerprint density at radius 2 is 1.60 bits per heavy atom. The van der Waals surface area contributed by atoms with E-state index < -0.39 is 65.3 Å². The normalized spacial score (nSPS) is 24.1. The van der Waals surface area contributed by atoms with Crippen LogP contribution in [0, 0.1) is 11.7 Å². The first-order chi connectivity index (χ1) is 18.6. The Bertz CT molecular complexity index is 1220. The van der Waals surface area contributed by atoms with Crippen LogP contribution in [0.2, 0.25) is 0 Å². The number of hydrogen-bond donors (Lipinski definition) is 0. The van der Waals surface area contributed by atoms with Crippen molar-refractivity contribution < 1.29 is 49.9 Å². The van der Waals surface area contributed by atoms with Crippen LogP contribution in [0.5, 0.6) is 0 Å². The number of carbonyl (C=O) groups is 2. The Morgan fingerprint density at radius 1 is 1.02 bits per heavy atom. The highest BCUT2D eigenvalue weighted by molar-refractivity contribution is 5.87. The molecule has 13 heteroatoms. The maximum atomic E-state index is 13.7. The van der Waals surface area contributed by atoms with E-state index in [1.165, 1.54) is 50.2 Å². The maximum Gasteiger partial charge on any atom is 0.416 e. The van der Waals surface area contributed by atoms with Crippen molar-refractivity contribution in [1.82, 2.24) is 9.96 Å². The van der Waals surface area contributed by atoms with E-state index in [0.717, 1.165) is 5.06 Å². The molecule has 2 heterocycles. The Kier molecular flexibility index (Phi) is 8.19. The first kappa shape index (κ1) is 29.8. The summed E-state index contributed by atoms with van der Waals surface area (Å²) in [6, 6.07) is 6.03. The molecule has 0 aromatic heterocycles. The largest absolute Gasteiger partial charge is 0.416 e. The van der Waals surface area contributed by atoms with Crippen molar-refractivity contribution in [3.63, 3.8) is 0 Å². The molecule has 0 radical (unpaired) electrons. The zero-order valence-electron chi connectivity index (χ0n) is 21.7. The summed E-state index contributed by atoms with van der Waals surface area (Å²) in [5.74, 6) is -2.67. The predicted molar refractivity (Wildman–Crippen MR) is 127 cm³/mol. The molecule has 2 amide bonds. The molecule has 0 N–H and O–H groups in total. The van der Waals surface area contributed by atoms with Gasteiger partial charge in [-0.1, -0.05) is 12.1 Å². The van der Waals surface area contributed by atoms with Crippen molar-refractivity contribution in [2.45, 2.75) is 56.3 Å². The number of carbonyl (C=O) groups excluding carboxylic acids is 2. The number of nitrogens with zero attached hydrogens (tertiary/aromatic N) is 2. The van der Waals surface area contributed by atoms with Gasteiger partial charge < -0.3 is 9.64 Å². The summed E-state index contributed by atoms with van der Waals surface area (Å²) in [5.41, 5.74) is -2.73. The fraction of sp³-hybridized carbons (Fsp3) is 0.481. The Hall–Kier alpha value is -3.19. The molecule has 4 rings (SSSR count). The number of piperidine rings is 1. The Labute approximate surface area is 225 Å². The third kappa shape index (κ3) is 6.09. The SMILES string of the molecule is CON(C)C(=O)C1CC(=O)N2C[C@H](O[C@H](C)c3cc(C(F)(F)F)cc(C(F)(F)F)c3)C(c3ccc(F)cc3)[C@@H]2C1. The lowest BCUT2D eigenvalue weighted by atomic mass is 9.81. The van der Waals surface area contributed by atoms with Gasteiger partial charge in [0, 0.05) is 32.0 Å². The number of amides is 2. The third-order valence-corrected chi connectivity index (χ3v) is 7.51. The van der Waals surface area contributed by atoms with Crippen LogP contribution in [0.4, 0.5) is 30.7 Å². The number of halogens is 7. The maximum absolute atomic E-state index is 13.7. The van der Waals surface area contributed by atoms with Gasteiger partial charge in [-0.3, -0.25) is 14.4 Å². The van der Waals surface area contributed by atoms with E-state index in [9.17, 15) is 40.3 Å². The van der Waals surface area contributed by atoms with Crippen molar-refractivity contribution in [2.75, 3.05) is 20.7 Å². The Balaban J connectivity index is 1.69. The summed E-state index contributed by atoms with van der Waals surface area (Å²) in [5, 5.41) is 1.01. The summed E-state index contributed by atoms with van der Waals surface area (Å²) in [7, 11) is 2.71. The highest BCUT2D eigenvalue weighted by atomic mass is 19.4. The molecule has 0 saturated carbocycles. The van der Waals surface area contributed by atoms with E-state index in [1.54, 1.807) is 0 Å². The fourth-order valence-corrected chi connectivity index (χ4v) is 5.49. The van der Waals surface area contributed by atoms with Gasteiger partial charge >= 0.3 is 12.4 Å². The van der Waals surface area contributed by atoms with Crippen LogP contribution in [-0.4, -0.2) is 54.6 Å². The van der Waals surface area contributed by atoms with Crippen molar-refractivity contribution in [2.24, 2.45) is 5.92 Å². The molecular weight excluding hydrogens is 549 g/mol.